The summed E-state index contributed by atoms with van der Waals surface area (Å²) in [7, 11) is 2.03. The van der Waals surface area contributed by atoms with E-state index in [0.717, 1.165) is 19.6 Å². The number of nitrogens with zero attached hydrogens (tertiary/aromatic N) is 4. The van der Waals surface area contributed by atoms with Crippen LogP contribution in [0.2, 0.25) is 0 Å². The molecule has 0 radical (unpaired) electrons. The molecule has 2 aromatic rings. The van der Waals surface area contributed by atoms with Crippen molar-refractivity contribution in [2.45, 2.75) is 6.54 Å². The minimum atomic E-state index is -0.462. The Labute approximate surface area is 140 Å². The topological polar surface area (TPSA) is 71.6 Å². The second-order valence-electron chi connectivity index (χ2n) is 5.98. The van der Waals surface area contributed by atoms with Crippen LogP contribution >= 0.6 is 0 Å². The first-order valence-corrected chi connectivity index (χ1v) is 7.91. The molecule has 0 aliphatic carbocycles. The van der Waals surface area contributed by atoms with Gasteiger partial charge in [-0.2, -0.15) is 0 Å². The molecule has 0 atom stereocenters. The highest BCUT2D eigenvalue weighted by molar-refractivity contribution is 5.94. The van der Waals surface area contributed by atoms with Gasteiger partial charge in [0.25, 0.3) is 11.6 Å². The Morgan fingerprint density at radius 3 is 2.33 bits per heavy atom. The van der Waals surface area contributed by atoms with Crippen LogP contribution in [0.15, 0.2) is 42.6 Å². The molecule has 1 amide bonds. The summed E-state index contributed by atoms with van der Waals surface area (Å²) in [6.07, 6.45) is 2.03. The lowest BCUT2D eigenvalue weighted by Gasteiger charge is -2.34. The maximum atomic E-state index is 12.5. The molecule has 1 aliphatic rings. The van der Waals surface area contributed by atoms with Crippen LogP contribution < -0.4 is 0 Å². The summed E-state index contributed by atoms with van der Waals surface area (Å²) in [6, 6.07) is 9.93. The van der Waals surface area contributed by atoms with Gasteiger partial charge in [-0.05, 0) is 24.3 Å². The highest BCUT2D eigenvalue weighted by Gasteiger charge is 2.22. The van der Waals surface area contributed by atoms with Gasteiger partial charge in [-0.25, -0.2) is 0 Å². The molecular weight excluding hydrogens is 308 g/mol. The van der Waals surface area contributed by atoms with Crippen LogP contribution in [-0.2, 0) is 13.6 Å². The van der Waals surface area contributed by atoms with Crippen LogP contribution in [0.1, 0.15) is 16.1 Å². The quantitative estimate of drug-likeness (QED) is 0.635. The van der Waals surface area contributed by atoms with Gasteiger partial charge in [0.05, 0.1) is 4.92 Å². The van der Waals surface area contributed by atoms with Crippen molar-refractivity contribution in [3.63, 3.8) is 0 Å². The van der Waals surface area contributed by atoms with Crippen molar-refractivity contribution in [3.05, 3.63) is 64.0 Å². The lowest BCUT2D eigenvalue weighted by molar-refractivity contribution is -0.384. The second-order valence-corrected chi connectivity index (χ2v) is 5.98. The number of benzene rings is 1. The van der Waals surface area contributed by atoms with Crippen molar-refractivity contribution >= 4 is 11.6 Å². The number of nitro groups is 1. The van der Waals surface area contributed by atoms with Crippen molar-refractivity contribution in [2.75, 3.05) is 26.2 Å². The van der Waals surface area contributed by atoms with E-state index >= 15 is 0 Å². The molecule has 1 saturated heterocycles. The average molecular weight is 328 g/mol. The van der Waals surface area contributed by atoms with E-state index in [0.29, 0.717) is 18.7 Å². The monoisotopic (exact) mass is 328 g/mol. The second kappa shape index (κ2) is 6.84. The zero-order valence-corrected chi connectivity index (χ0v) is 13.6. The molecule has 2 heterocycles. The van der Waals surface area contributed by atoms with Crippen LogP contribution in [0, 0.1) is 10.1 Å². The third-order valence-corrected chi connectivity index (χ3v) is 4.42. The fraction of sp³-hybridized carbons (Fsp3) is 0.353. The van der Waals surface area contributed by atoms with Crippen LogP contribution in [0.3, 0.4) is 0 Å². The lowest BCUT2D eigenvalue weighted by Crippen LogP contribution is -2.48. The molecule has 0 bridgehead atoms. The molecule has 0 N–H and O–H groups in total. The summed E-state index contributed by atoms with van der Waals surface area (Å²) in [4.78, 5) is 26.8. The van der Waals surface area contributed by atoms with Crippen LogP contribution in [-0.4, -0.2) is 51.4 Å². The molecule has 7 nitrogen and oxygen atoms in total. The third-order valence-electron chi connectivity index (χ3n) is 4.42. The summed E-state index contributed by atoms with van der Waals surface area (Å²) in [5, 5.41) is 10.7. The van der Waals surface area contributed by atoms with Gasteiger partial charge < -0.3 is 9.47 Å². The number of hydrogen-bond donors (Lipinski definition) is 0. The fourth-order valence-electron chi connectivity index (χ4n) is 2.91. The third kappa shape index (κ3) is 3.46. The molecule has 1 aromatic heterocycles. The van der Waals surface area contributed by atoms with Crippen molar-refractivity contribution in [1.29, 1.82) is 0 Å². The summed E-state index contributed by atoms with van der Waals surface area (Å²) in [6.45, 7) is 3.86. The van der Waals surface area contributed by atoms with Crippen molar-refractivity contribution in [1.82, 2.24) is 14.4 Å². The van der Waals surface area contributed by atoms with E-state index in [1.165, 1.54) is 30.0 Å². The van der Waals surface area contributed by atoms with E-state index < -0.39 is 4.92 Å². The Morgan fingerprint density at radius 2 is 1.79 bits per heavy atom. The Morgan fingerprint density at radius 1 is 1.12 bits per heavy atom. The largest absolute Gasteiger partial charge is 0.353 e. The van der Waals surface area contributed by atoms with Gasteiger partial charge in [0.15, 0.2) is 0 Å². The van der Waals surface area contributed by atoms with Crippen molar-refractivity contribution < 1.29 is 9.72 Å². The molecule has 126 valence electrons. The predicted molar refractivity (Wildman–Crippen MR) is 89.7 cm³/mol. The first-order valence-electron chi connectivity index (χ1n) is 7.91. The Kier molecular flexibility index (Phi) is 4.61. The molecule has 1 fully saturated rings. The minimum absolute atomic E-state index is 0.000984. The highest BCUT2D eigenvalue weighted by atomic mass is 16.6. The van der Waals surface area contributed by atoms with Gasteiger partial charge in [-0.1, -0.05) is 0 Å². The molecular formula is C17H20N4O3. The zero-order chi connectivity index (χ0) is 17.1. The molecule has 3 rings (SSSR count). The molecule has 1 aromatic carbocycles. The maximum Gasteiger partial charge on any atom is 0.269 e. The van der Waals surface area contributed by atoms with Gasteiger partial charge in [-0.3, -0.25) is 19.8 Å². The lowest BCUT2D eigenvalue weighted by atomic mass is 10.1. The van der Waals surface area contributed by atoms with Crippen LogP contribution in [0.25, 0.3) is 0 Å². The number of carbonyl (C=O) groups is 1. The number of nitro benzene ring substituents is 1. The number of rotatable bonds is 4. The fourth-order valence-corrected chi connectivity index (χ4v) is 2.91. The van der Waals surface area contributed by atoms with Gasteiger partial charge in [0.2, 0.25) is 0 Å². The SMILES string of the molecule is Cn1cccc1CN1CCN(C(=O)c2ccc([N+](=O)[O-])cc2)CC1. The van der Waals surface area contributed by atoms with Gasteiger partial charge in [-0.15, -0.1) is 0 Å². The molecule has 0 spiro atoms. The number of hydrogen-bond acceptors (Lipinski definition) is 4. The summed E-state index contributed by atoms with van der Waals surface area (Å²) in [5.74, 6) is -0.0663. The minimum Gasteiger partial charge on any atom is -0.353 e. The van der Waals surface area contributed by atoms with E-state index in [2.05, 4.69) is 15.5 Å². The molecule has 7 heteroatoms. The van der Waals surface area contributed by atoms with E-state index in [9.17, 15) is 14.9 Å². The number of non-ortho nitro benzene ring substituents is 1. The molecule has 24 heavy (non-hydrogen) atoms. The number of amides is 1. The Balaban J connectivity index is 1.57. The first-order chi connectivity index (χ1) is 11.5. The first kappa shape index (κ1) is 16.2. The van der Waals surface area contributed by atoms with Crippen molar-refractivity contribution in [3.8, 4) is 0 Å². The number of aryl methyl sites for hydroxylation is 1. The van der Waals surface area contributed by atoms with Gasteiger partial charge in [0.1, 0.15) is 0 Å². The summed E-state index contributed by atoms with van der Waals surface area (Å²) >= 11 is 0. The van der Waals surface area contributed by atoms with Crippen molar-refractivity contribution in [2.24, 2.45) is 7.05 Å². The summed E-state index contributed by atoms with van der Waals surface area (Å²) in [5.41, 5.74) is 1.75. The van der Waals surface area contributed by atoms with Crippen LogP contribution in [0.5, 0.6) is 0 Å². The van der Waals surface area contributed by atoms with E-state index in [-0.39, 0.29) is 11.6 Å². The van der Waals surface area contributed by atoms with Crippen LogP contribution in [0.4, 0.5) is 5.69 Å². The zero-order valence-electron chi connectivity index (χ0n) is 13.6. The smallest absolute Gasteiger partial charge is 0.269 e. The number of aromatic nitrogens is 1. The normalized spacial score (nSPS) is 15.5. The highest BCUT2D eigenvalue weighted by Crippen LogP contribution is 2.15. The summed E-state index contributed by atoms with van der Waals surface area (Å²) < 4.78 is 2.11. The number of carbonyl (C=O) groups excluding carboxylic acids is 1. The van der Waals surface area contributed by atoms with Gasteiger partial charge >= 0.3 is 0 Å². The standard InChI is InChI=1S/C17H20N4O3/c1-18-8-2-3-16(18)13-19-9-11-20(12-10-19)17(22)14-4-6-15(7-5-14)21(23)24/h2-8H,9-13H2,1H3. The average Bonchev–Trinajstić information content (AvgIpc) is 3.00. The van der Waals surface area contributed by atoms with E-state index in [1.807, 2.05) is 24.2 Å². The Bertz CT molecular complexity index is 731. The number of piperazine rings is 1. The molecule has 0 unspecified atom stereocenters. The molecule has 0 saturated carbocycles. The van der Waals surface area contributed by atoms with Gasteiger partial charge in [0, 0.05) is 69.4 Å². The maximum absolute atomic E-state index is 12.5. The Hall–Kier alpha value is -2.67. The molecule has 1 aliphatic heterocycles. The van der Waals surface area contributed by atoms with E-state index in [4.69, 9.17) is 0 Å². The predicted octanol–water partition coefficient (Wildman–Crippen LogP) is 1.89. The van der Waals surface area contributed by atoms with E-state index in [1.54, 1.807) is 0 Å².